The van der Waals surface area contributed by atoms with Crippen molar-refractivity contribution in [3.8, 4) is 0 Å². The average molecular weight is 346 g/mol. The fourth-order valence-electron chi connectivity index (χ4n) is 3.94. The molecule has 0 saturated carbocycles. The van der Waals surface area contributed by atoms with Crippen molar-refractivity contribution in [2.24, 2.45) is 5.41 Å². The summed E-state index contributed by atoms with van der Waals surface area (Å²) in [5.74, 6) is 0.590. The average Bonchev–Trinajstić information content (AvgIpc) is 2.63. The van der Waals surface area contributed by atoms with Gasteiger partial charge in [-0.05, 0) is 31.4 Å². The lowest BCUT2D eigenvalue weighted by Crippen LogP contribution is -2.55. The van der Waals surface area contributed by atoms with E-state index in [1.807, 2.05) is 9.80 Å². The summed E-state index contributed by atoms with van der Waals surface area (Å²) in [6, 6.07) is 3.37. The molecule has 3 rings (SSSR count). The van der Waals surface area contributed by atoms with Gasteiger partial charge in [0.2, 0.25) is 5.91 Å². The maximum atomic E-state index is 12.8. The van der Waals surface area contributed by atoms with Gasteiger partial charge in [-0.15, -0.1) is 0 Å². The smallest absolute Gasteiger partial charge is 0.255 e. The van der Waals surface area contributed by atoms with Crippen molar-refractivity contribution in [1.29, 1.82) is 0 Å². The number of pyridine rings is 1. The van der Waals surface area contributed by atoms with Crippen LogP contribution in [-0.4, -0.2) is 66.5 Å². The first-order chi connectivity index (χ1) is 12.0. The second-order valence-corrected chi connectivity index (χ2v) is 7.11. The molecule has 0 bridgehead atoms. The highest BCUT2D eigenvalue weighted by Crippen LogP contribution is 2.39. The SMILES string of the molecule is COCCN1C[C@]2(CCCN(C(=O)c3ccc(N)nc3)C2)CCC1=O. The number of ether oxygens (including phenoxy) is 1. The number of likely N-dealkylation sites (tertiary alicyclic amines) is 2. The van der Waals surface area contributed by atoms with Crippen LogP contribution in [-0.2, 0) is 9.53 Å². The van der Waals surface area contributed by atoms with Gasteiger partial charge in [0.25, 0.3) is 5.91 Å². The summed E-state index contributed by atoms with van der Waals surface area (Å²) < 4.78 is 5.12. The van der Waals surface area contributed by atoms with E-state index in [4.69, 9.17) is 10.5 Å². The number of carbonyl (C=O) groups excluding carboxylic acids is 2. The first-order valence-corrected chi connectivity index (χ1v) is 8.80. The molecule has 0 radical (unpaired) electrons. The summed E-state index contributed by atoms with van der Waals surface area (Å²) >= 11 is 0. The first kappa shape index (κ1) is 17.7. The lowest BCUT2D eigenvalue weighted by Gasteiger charge is -2.48. The second-order valence-electron chi connectivity index (χ2n) is 7.11. The highest BCUT2D eigenvalue weighted by molar-refractivity contribution is 5.94. The van der Waals surface area contributed by atoms with Gasteiger partial charge in [-0.1, -0.05) is 0 Å². The molecular formula is C18H26N4O3. The van der Waals surface area contributed by atoms with E-state index < -0.39 is 0 Å². The van der Waals surface area contributed by atoms with Crippen molar-refractivity contribution in [2.45, 2.75) is 25.7 Å². The maximum Gasteiger partial charge on any atom is 0.255 e. The maximum absolute atomic E-state index is 12.8. The van der Waals surface area contributed by atoms with Crippen LogP contribution in [0.5, 0.6) is 0 Å². The van der Waals surface area contributed by atoms with E-state index in [2.05, 4.69) is 4.98 Å². The molecule has 136 valence electrons. The highest BCUT2D eigenvalue weighted by Gasteiger charge is 2.42. The van der Waals surface area contributed by atoms with Crippen LogP contribution in [0.1, 0.15) is 36.0 Å². The van der Waals surface area contributed by atoms with E-state index in [0.29, 0.717) is 44.0 Å². The number of nitrogens with zero attached hydrogens (tertiary/aromatic N) is 3. The van der Waals surface area contributed by atoms with Crippen LogP contribution in [0.4, 0.5) is 5.82 Å². The van der Waals surface area contributed by atoms with Gasteiger partial charge in [0.05, 0.1) is 12.2 Å². The molecular weight excluding hydrogens is 320 g/mol. The molecule has 2 aliphatic heterocycles. The number of amides is 2. The van der Waals surface area contributed by atoms with Crippen LogP contribution in [0.25, 0.3) is 0 Å². The fourth-order valence-corrected chi connectivity index (χ4v) is 3.94. The van der Waals surface area contributed by atoms with E-state index in [0.717, 1.165) is 25.8 Å². The van der Waals surface area contributed by atoms with Crippen molar-refractivity contribution < 1.29 is 14.3 Å². The lowest BCUT2D eigenvalue weighted by atomic mass is 9.73. The van der Waals surface area contributed by atoms with Crippen LogP contribution in [0.3, 0.4) is 0 Å². The summed E-state index contributed by atoms with van der Waals surface area (Å²) in [5.41, 5.74) is 6.16. The largest absolute Gasteiger partial charge is 0.384 e. The topological polar surface area (TPSA) is 88.8 Å². The minimum Gasteiger partial charge on any atom is -0.384 e. The summed E-state index contributed by atoms with van der Waals surface area (Å²) in [4.78, 5) is 32.8. The van der Waals surface area contributed by atoms with Crippen molar-refractivity contribution in [3.05, 3.63) is 23.9 Å². The molecule has 0 aromatic carbocycles. The molecule has 3 heterocycles. The number of nitrogens with two attached hydrogens (primary N) is 1. The Bertz CT molecular complexity index is 634. The van der Waals surface area contributed by atoms with Gasteiger partial charge in [0.1, 0.15) is 5.82 Å². The predicted octanol–water partition coefficient (Wildman–Crippen LogP) is 1.15. The molecule has 0 aliphatic carbocycles. The van der Waals surface area contributed by atoms with Crippen molar-refractivity contribution >= 4 is 17.6 Å². The van der Waals surface area contributed by atoms with Crippen LogP contribution < -0.4 is 5.73 Å². The standard InChI is InChI=1S/C18H26N4O3/c1-25-10-9-21-12-18(7-5-16(21)23)6-2-8-22(13-18)17(24)14-3-4-15(19)20-11-14/h3-4,11H,2,5-10,12-13H2,1H3,(H2,19,20)/t18-/m0/s1. The molecule has 2 amide bonds. The molecule has 7 nitrogen and oxygen atoms in total. The van der Waals surface area contributed by atoms with Crippen molar-refractivity contribution in [3.63, 3.8) is 0 Å². The zero-order valence-electron chi connectivity index (χ0n) is 14.7. The summed E-state index contributed by atoms with van der Waals surface area (Å²) in [7, 11) is 1.64. The third-order valence-corrected chi connectivity index (χ3v) is 5.30. The van der Waals surface area contributed by atoms with Crippen LogP contribution in [0, 0.1) is 5.41 Å². The Balaban J connectivity index is 1.70. The summed E-state index contributed by atoms with van der Waals surface area (Å²) in [5, 5.41) is 0. The number of hydrogen-bond donors (Lipinski definition) is 1. The van der Waals surface area contributed by atoms with E-state index in [-0.39, 0.29) is 17.2 Å². The molecule has 2 saturated heterocycles. The van der Waals surface area contributed by atoms with E-state index in [1.165, 1.54) is 6.20 Å². The minimum absolute atomic E-state index is 0.00318. The van der Waals surface area contributed by atoms with Gasteiger partial charge in [0, 0.05) is 51.3 Å². The Morgan fingerprint density at radius 2 is 2.20 bits per heavy atom. The number of piperidine rings is 2. The molecule has 2 fully saturated rings. The lowest BCUT2D eigenvalue weighted by molar-refractivity contribution is -0.139. The Morgan fingerprint density at radius 1 is 1.36 bits per heavy atom. The quantitative estimate of drug-likeness (QED) is 0.884. The van der Waals surface area contributed by atoms with Crippen LogP contribution >= 0.6 is 0 Å². The normalized spacial score (nSPS) is 24.0. The Morgan fingerprint density at radius 3 is 2.92 bits per heavy atom. The van der Waals surface area contributed by atoms with Gasteiger partial charge >= 0.3 is 0 Å². The zero-order valence-corrected chi connectivity index (χ0v) is 14.7. The van der Waals surface area contributed by atoms with E-state index >= 15 is 0 Å². The van der Waals surface area contributed by atoms with Gasteiger partial charge in [-0.3, -0.25) is 9.59 Å². The number of anilines is 1. The molecule has 1 spiro atoms. The van der Waals surface area contributed by atoms with Crippen LogP contribution in [0.2, 0.25) is 0 Å². The van der Waals surface area contributed by atoms with Crippen LogP contribution in [0.15, 0.2) is 18.3 Å². The molecule has 1 atom stereocenters. The number of aromatic nitrogens is 1. The first-order valence-electron chi connectivity index (χ1n) is 8.80. The monoisotopic (exact) mass is 346 g/mol. The third-order valence-electron chi connectivity index (χ3n) is 5.30. The highest BCUT2D eigenvalue weighted by atomic mass is 16.5. The third kappa shape index (κ3) is 3.92. The predicted molar refractivity (Wildman–Crippen MR) is 93.9 cm³/mol. The number of carbonyl (C=O) groups is 2. The number of nitrogen functional groups attached to an aromatic ring is 1. The molecule has 7 heteroatoms. The molecule has 2 aliphatic rings. The summed E-state index contributed by atoms with van der Waals surface area (Å²) in [6.07, 6.45) is 4.94. The van der Waals surface area contributed by atoms with E-state index in [1.54, 1.807) is 19.2 Å². The number of rotatable bonds is 4. The molecule has 0 unspecified atom stereocenters. The Kier molecular flexibility index (Phi) is 5.22. The fraction of sp³-hybridized carbons (Fsp3) is 0.611. The Hall–Kier alpha value is -2.15. The number of methoxy groups -OCH3 is 1. The molecule has 1 aromatic rings. The number of hydrogen-bond acceptors (Lipinski definition) is 5. The van der Waals surface area contributed by atoms with Crippen molar-refractivity contribution in [2.75, 3.05) is 45.6 Å². The Labute approximate surface area is 148 Å². The molecule has 1 aromatic heterocycles. The summed E-state index contributed by atoms with van der Waals surface area (Å²) in [6.45, 7) is 3.30. The van der Waals surface area contributed by atoms with Crippen molar-refractivity contribution in [1.82, 2.24) is 14.8 Å². The van der Waals surface area contributed by atoms with Gasteiger partial charge in [-0.25, -0.2) is 4.98 Å². The van der Waals surface area contributed by atoms with Gasteiger partial charge in [-0.2, -0.15) is 0 Å². The van der Waals surface area contributed by atoms with E-state index in [9.17, 15) is 9.59 Å². The van der Waals surface area contributed by atoms with Gasteiger partial charge < -0.3 is 20.3 Å². The van der Waals surface area contributed by atoms with Gasteiger partial charge in [0.15, 0.2) is 0 Å². The second kappa shape index (κ2) is 7.39. The minimum atomic E-state index is -0.00748. The zero-order chi connectivity index (χ0) is 17.9. The molecule has 2 N–H and O–H groups in total. The molecule has 25 heavy (non-hydrogen) atoms.